The van der Waals surface area contributed by atoms with Gasteiger partial charge in [-0.3, -0.25) is 0 Å². The van der Waals surface area contributed by atoms with Gasteiger partial charge in [-0.05, 0) is 28.1 Å². The van der Waals surface area contributed by atoms with E-state index in [2.05, 4.69) is 27.0 Å². The van der Waals surface area contributed by atoms with Crippen LogP contribution < -0.4 is 0 Å². The normalized spacial score (nSPS) is 9.71. The number of halogens is 1. The van der Waals surface area contributed by atoms with Gasteiger partial charge in [-0.2, -0.15) is 5.26 Å². The number of nitrogens with zero attached hydrogens (tertiary/aromatic N) is 2. The third kappa shape index (κ3) is 1.84. The molecule has 0 spiro atoms. The monoisotopic (exact) mass is 264 g/mol. The quantitative estimate of drug-likeness (QED) is 0.791. The molecule has 0 aliphatic carbocycles. The first kappa shape index (κ1) is 9.38. The Labute approximate surface area is 94.0 Å². The molecule has 0 unspecified atom stereocenters. The highest BCUT2D eigenvalue weighted by Gasteiger charge is 2.01. The van der Waals surface area contributed by atoms with Crippen LogP contribution in [-0.4, -0.2) is 4.98 Å². The fourth-order valence-electron chi connectivity index (χ4n) is 1.10. The molecule has 0 bridgehead atoms. The Balaban J connectivity index is 2.39. The van der Waals surface area contributed by atoms with Crippen molar-refractivity contribution < 1.29 is 0 Å². The van der Waals surface area contributed by atoms with Gasteiger partial charge < -0.3 is 0 Å². The maximum Gasteiger partial charge on any atom is 0.159 e. The molecule has 0 saturated heterocycles. The van der Waals surface area contributed by atoms with E-state index in [0.29, 0.717) is 5.56 Å². The molecule has 0 fully saturated rings. The zero-order chi connectivity index (χ0) is 9.97. The smallest absolute Gasteiger partial charge is 0.159 e. The Kier molecular flexibility index (Phi) is 2.62. The number of thiazole rings is 1. The summed E-state index contributed by atoms with van der Waals surface area (Å²) < 4.78 is 0.872. The minimum absolute atomic E-state index is 0.669. The molecule has 0 radical (unpaired) electrons. The largest absolute Gasteiger partial charge is 0.229 e. The van der Waals surface area contributed by atoms with E-state index in [4.69, 9.17) is 5.26 Å². The first-order valence-electron chi connectivity index (χ1n) is 3.91. The molecule has 1 heterocycles. The molecule has 0 amide bonds. The van der Waals surface area contributed by atoms with Crippen LogP contribution in [0.25, 0.3) is 11.3 Å². The second-order valence-corrected chi connectivity index (χ2v) is 4.81. The Hall–Kier alpha value is -1.18. The van der Waals surface area contributed by atoms with Crippen molar-refractivity contribution in [2.75, 3.05) is 0 Å². The minimum Gasteiger partial charge on any atom is -0.229 e. The average molecular weight is 265 g/mol. The lowest BCUT2D eigenvalue weighted by atomic mass is 10.1. The number of hydrogen-bond acceptors (Lipinski definition) is 3. The minimum atomic E-state index is 0.669. The Bertz CT molecular complexity index is 482. The summed E-state index contributed by atoms with van der Waals surface area (Å²) in [6.07, 6.45) is 0. The van der Waals surface area contributed by atoms with Gasteiger partial charge in [0.2, 0.25) is 0 Å². The molecule has 0 saturated carbocycles. The fraction of sp³-hybridized carbons (Fsp3) is 0. The van der Waals surface area contributed by atoms with Crippen LogP contribution in [-0.2, 0) is 0 Å². The van der Waals surface area contributed by atoms with Crippen LogP contribution in [0.4, 0.5) is 0 Å². The van der Waals surface area contributed by atoms with Crippen LogP contribution in [0.3, 0.4) is 0 Å². The van der Waals surface area contributed by atoms with Crippen molar-refractivity contribution in [3.05, 3.63) is 39.1 Å². The number of aromatic nitrogens is 1. The Morgan fingerprint density at radius 2 is 2.00 bits per heavy atom. The van der Waals surface area contributed by atoms with Gasteiger partial charge in [0.05, 0.1) is 17.3 Å². The highest BCUT2D eigenvalue weighted by molar-refractivity contribution is 9.11. The molecule has 14 heavy (non-hydrogen) atoms. The molecule has 2 nitrogen and oxygen atoms in total. The fourth-order valence-corrected chi connectivity index (χ4v) is 2.12. The summed E-state index contributed by atoms with van der Waals surface area (Å²) in [6.45, 7) is 0. The van der Waals surface area contributed by atoms with Crippen LogP contribution in [0.2, 0.25) is 0 Å². The van der Waals surface area contributed by atoms with E-state index in [-0.39, 0.29) is 0 Å². The molecule has 0 N–H and O–H groups in total. The standard InChI is InChI=1S/C10H5BrN2S/c11-10-13-9(6-14-10)8-3-1-7(5-12)2-4-8/h1-4,6H. The van der Waals surface area contributed by atoms with Crippen molar-refractivity contribution in [3.8, 4) is 17.3 Å². The molecule has 2 rings (SSSR count). The molecule has 68 valence electrons. The average Bonchev–Trinajstić information content (AvgIpc) is 2.65. The van der Waals surface area contributed by atoms with Crippen molar-refractivity contribution in [2.24, 2.45) is 0 Å². The summed E-state index contributed by atoms with van der Waals surface area (Å²) in [6, 6.07) is 9.48. The number of nitriles is 1. The maximum absolute atomic E-state index is 8.63. The number of rotatable bonds is 1. The molecule has 4 heteroatoms. The molecule has 2 aromatic rings. The van der Waals surface area contributed by atoms with Gasteiger partial charge in [0.1, 0.15) is 0 Å². The number of hydrogen-bond donors (Lipinski definition) is 0. The highest BCUT2D eigenvalue weighted by Crippen LogP contribution is 2.24. The van der Waals surface area contributed by atoms with Crippen LogP contribution >= 0.6 is 27.3 Å². The van der Waals surface area contributed by atoms with Gasteiger partial charge in [-0.1, -0.05) is 12.1 Å². The predicted octanol–water partition coefficient (Wildman–Crippen LogP) is 3.44. The topological polar surface area (TPSA) is 36.7 Å². The van der Waals surface area contributed by atoms with Crippen molar-refractivity contribution >= 4 is 27.3 Å². The third-order valence-electron chi connectivity index (χ3n) is 1.79. The van der Waals surface area contributed by atoms with Crippen LogP contribution in [0.15, 0.2) is 33.6 Å². The lowest BCUT2D eigenvalue weighted by Gasteiger charge is -1.94. The van der Waals surface area contributed by atoms with Gasteiger partial charge in [-0.15, -0.1) is 11.3 Å². The summed E-state index contributed by atoms with van der Waals surface area (Å²) in [7, 11) is 0. The zero-order valence-corrected chi connectivity index (χ0v) is 9.47. The van der Waals surface area contributed by atoms with E-state index in [1.807, 2.05) is 17.5 Å². The predicted molar refractivity (Wildman–Crippen MR) is 60.0 cm³/mol. The summed E-state index contributed by atoms with van der Waals surface area (Å²) in [5, 5.41) is 10.6. The summed E-state index contributed by atoms with van der Waals surface area (Å²) in [5.41, 5.74) is 2.64. The molecule has 0 atom stereocenters. The molecule has 1 aromatic heterocycles. The Morgan fingerprint density at radius 3 is 2.50 bits per heavy atom. The van der Waals surface area contributed by atoms with E-state index in [9.17, 15) is 0 Å². The zero-order valence-electron chi connectivity index (χ0n) is 7.07. The van der Waals surface area contributed by atoms with Gasteiger partial charge in [-0.25, -0.2) is 4.98 Å². The van der Waals surface area contributed by atoms with Crippen molar-refractivity contribution in [3.63, 3.8) is 0 Å². The second-order valence-electron chi connectivity index (χ2n) is 2.67. The maximum atomic E-state index is 8.63. The highest BCUT2D eigenvalue weighted by atomic mass is 79.9. The summed E-state index contributed by atoms with van der Waals surface area (Å²) in [5.74, 6) is 0. The molecular weight excluding hydrogens is 260 g/mol. The second kappa shape index (κ2) is 3.91. The van der Waals surface area contributed by atoms with Crippen LogP contribution in [0.1, 0.15) is 5.56 Å². The van der Waals surface area contributed by atoms with E-state index < -0.39 is 0 Å². The van der Waals surface area contributed by atoms with Crippen molar-refractivity contribution in [1.82, 2.24) is 4.98 Å². The number of benzene rings is 1. The lowest BCUT2D eigenvalue weighted by Crippen LogP contribution is -1.78. The van der Waals surface area contributed by atoms with Gasteiger partial charge in [0, 0.05) is 10.9 Å². The summed E-state index contributed by atoms with van der Waals surface area (Å²) in [4.78, 5) is 4.29. The molecule has 0 aliphatic heterocycles. The van der Waals surface area contributed by atoms with E-state index in [1.54, 1.807) is 23.5 Å². The third-order valence-corrected chi connectivity index (χ3v) is 3.15. The van der Waals surface area contributed by atoms with Gasteiger partial charge in [0.15, 0.2) is 3.92 Å². The lowest BCUT2D eigenvalue weighted by molar-refractivity contribution is 1.37. The van der Waals surface area contributed by atoms with Crippen molar-refractivity contribution in [2.45, 2.75) is 0 Å². The van der Waals surface area contributed by atoms with Crippen LogP contribution in [0.5, 0.6) is 0 Å². The first-order valence-corrected chi connectivity index (χ1v) is 5.58. The Morgan fingerprint density at radius 1 is 1.29 bits per heavy atom. The van der Waals surface area contributed by atoms with Gasteiger partial charge >= 0.3 is 0 Å². The van der Waals surface area contributed by atoms with Crippen LogP contribution in [0, 0.1) is 11.3 Å². The van der Waals surface area contributed by atoms with Gasteiger partial charge in [0.25, 0.3) is 0 Å². The van der Waals surface area contributed by atoms with E-state index in [0.717, 1.165) is 15.2 Å². The van der Waals surface area contributed by atoms with Crippen molar-refractivity contribution in [1.29, 1.82) is 5.26 Å². The first-order chi connectivity index (χ1) is 6.79. The van der Waals surface area contributed by atoms with E-state index >= 15 is 0 Å². The molecule has 0 aliphatic rings. The summed E-state index contributed by atoms with van der Waals surface area (Å²) >= 11 is 4.86. The molecular formula is C10H5BrN2S. The molecule has 1 aromatic carbocycles. The van der Waals surface area contributed by atoms with E-state index in [1.165, 1.54) is 0 Å². The SMILES string of the molecule is N#Cc1ccc(-c2csc(Br)n2)cc1.